The van der Waals surface area contributed by atoms with Crippen LogP contribution in [0.15, 0.2) is 30.3 Å². The number of benzene rings is 1. The molecule has 0 radical (unpaired) electrons. The van der Waals surface area contributed by atoms with Crippen LogP contribution in [-0.4, -0.2) is 29.2 Å². The van der Waals surface area contributed by atoms with Crippen molar-refractivity contribution >= 4 is 0 Å². The molecule has 0 aromatic heterocycles. The number of likely N-dealkylation sites (tertiary alicyclic amines) is 1. The molecule has 0 amide bonds. The van der Waals surface area contributed by atoms with Crippen molar-refractivity contribution in [3.8, 4) is 0 Å². The van der Waals surface area contributed by atoms with Gasteiger partial charge in [0.15, 0.2) is 0 Å². The fourth-order valence-electron chi connectivity index (χ4n) is 2.35. The molecule has 1 heterocycles. The van der Waals surface area contributed by atoms with E-state index in [-0.39, 0.29) is 0 Å². The molecule has 2 unspecified atom stereocenters. The van der Waals surface area contributed by atoms with Gasteiger partial charge in [-0.05, 0) is 25.3 Å². The van der Waals surface area contributed by atoms with Gasteiger partial charge in [0.05, 0.1) is 0 Å². The smallest absolute Gasteiger partial charge is 0.0445 e. The van der Waals surface area contributed by atoms with Gasteiger partial charge in [-0.1, -0.05) is 30.3 Å². The van der Waals surface area contributed by atoms with Gasteiger partial charge in [0, 0.05) is 25.2 Å². The van der Waals surface area contributed by atoms with E-state index < -0.39 is 0 Å². The Kier molecular flexibility index (Phi) is 3.39. The fraction of sp³-hybridized carbons (Fsp3) is 0.538. The second-order valence-electron chi connectivity index (χ2n) is 4.28. The Bertz CT molecular complexity index is 299. The molecule has 1 aromatic carbocycles. The van der Waals surface area contributed by atoms with E-state index in [0.717, 1.165) is 6.42 Å². The highest BCUT2D eigenvalue weighted by Crippen LogP contribution is 2.31. The molecule has 2 atom stereocenters. The summed E-state index contributed by atoms with van der Waals surface area (Å²) in [6.45, 7) is 3.72. The van der Waals surface area contributed by atoms with Crippen molar-refractivity contribution in [2.75, 3.05) is 13.2 Å². The molecule has 2 rings (SSSR count). The van der Waals surface area contributed by atoms with Crippen LogP contribution in [0.4, 0.5) is 0 Å². The molecule has 15 heavy (non-hydrogen) atoms. The first-order valence-corrected chi connectivity index (χ1v) is 5.74. The first-order valence-electron chi connectivity index (χ1n) is 5.74. The molecule has 1 fully saturated rings. The molecule has 1 aliphatic heterocycles. The highest BCUT2D eigenvalue weighted by Gasteiger charge is 2.31. The molecular formula is C13H19NO. The van der Waals surface area contributed by atoms with Gasteiger partial charge in [-0.3, -0.25) is 4.90 Å². The monoisotopic (exact) mass is 205 g/mol. The Morgan fingerprint density at radius 3 is 2.67 bits per heavy atom. The van der Waals surface area contributed by atoms with E-state index in [9.17, 15) is 0 Å². The van der Waals surface area contributed by atoms with E-state index in [1.807, 2.05) is 0 Å². The van der Waals surface area contributed by atoms with Gasteiger partial charge in [-0.15, -0.1) is 0 Å². The SMILES string of the molecule is CC(c1ccccc1)N1CCC1CCO. The van der Waals surface area contributed by atoms with Crippen LogP contribution < -0.4 is 0 Å². The van der Waals surface area contributed by atoms with E-state index in [4.69, 9.17) is 5.11 Å². The van der Waals surface area contributed by atoms with Crippen molar-refractivity contribution in [1.82, 2.24) is 4.90 Å². The maximum atomic E-state index is 8.95. The summed E-state index contributed by atoms with van der Waals surface area (Å²) >= 11 is 0. The second-order valence-corrected chi connectivity index (χ2v) is 4.28. The van der Waals surface area contributed by atoms with Crippen molar-refractivity contribution in [3.05, 3.63) is 35.9 Å². The topological polar surface area (TPSA) is 23.5 Å². The minimum Gasteiger partial charge on any atom is -0.396 e. The number of nitrogens with zero attached hydrogens (tertiary/aromatic N) is 1. The Balaban J connectivity index is 1.99. The summed E-state index contributed by atoms with van der Waals surface area (Å²) in [4.78, 5) is 2.48. The molecule has 1 saturated heterocycles. The van der Waals surface area contributed by atoms with Crippen LogP contribution in [0.1, 0.15) is 31.4 Å². The Labute approximate surface area is 91.5 Å². The standard InChI is InChI=1S/C13H19NO/c1-11(12-5-3-2-4-6-12)14-9-7-13(14)8-10-15/h2-6,11,13,15H,7-10H2,1H3. The van der Waals surface area contributed by atoms with Gasteiger partial charge in [0.2, 0.25) is 0 Å². The van der Waals surface area contributed by atoms with E-state index in [2.05, 4.69) is 42.2 Å². The lowest BCUT2D eigenvalue weighted by Gasteiger charge is -2.45. The van der Waals surface area contributed by atoms with Crippen LogP contribution in [0.3, 0.4) is 0 Å². The number of hydrogen-bond acceptors (Lipinski definition) is 2. The molecule has 1 aromatic rings. The van der Waals surface area contributed by atoms with E-state index in [0.29, 0.717) is 18.7 Å². The maximum Gasteiger partial charge on any atom is 0.0445 e. The summed E-state index contributed by atoms with van der Waals surface area (Å²) in [5, 5.41) is 8.95. The van der Waals surface area contributed by atoms with Gasteiger partial charge in [0.25, 0.3) is 0 Å². The van der Waals surface area contributed by atoms with Gasteiger partial charge >= 0.3 is 0 Å². The lowest BCUT2D eigenvalue weighted by atomic mass is 9.94. The molecule has 0 saturated carbocycles. The Morgan fingerprint density at radius 2 is 2.13 bits per heavy atom. The minimum absolute atomic E-state index is 0.308. The van der Waals surface area contributed by atoms with Crippen molar-refractivity contribution in [3.63, 3.8) is 0 Å². The molecule has 2 heteroatoms. The van der Waals surface area contributed by atoms with Crippen LogP contribution in [-0.2, 0) is 0 Å². The third-order valence-electron chi connectivity index (χ3n) is 3.43. The molecular weight excluding hydrogens is 186 g/mol. The van der Waals surface area contributed by atoms with E-state index in [1.54, 1.807) is 0 Å². The van der Waals surface area contributed by atoms with Crippen LogP contribution in [0.2, 0.25) is 0 Å². The fourth-order valence-corrected chi connectivity index (χ4v) is 2.35. The molecule has 0 bridgehead atoms. The normalized spacial score (nSPS) is 23.5. The Hall–Kier alpha value is -0.860. The number of aliphatic hydroxyl groups is 1. The summed E-state index contributed by atoms with van der Waals surface area (Å²) < 4.78 is 0. The summed E-state index contributed by atoms with van der Waals surface area (Å²) in [5.74, 6) is 0. The molecule has 1 aliphatic rings. The predicted molar refractivity (Wildman–Crippen MR) is 61.7 cm³/mol. The van der Waals surface area contributed by atoms with Crippen LogP contribution in [0.5, 0.6) is 0 Å². The highest BCUT2D eigenvalue weighted by atomic mass is 16.3. The predicted octanol–water partition coefficient (Wildman–Crippen LogP) is 2.20. The Morgan fingerprint density at radius 1 is 1.40 bits per heavy atom. The summed E-state index contributed by atoms with van der Waals surface area (Å²) in [6.07, 6.45) is 2.15. The number of rotatable bonds is 4. The summed E-state index contributed by atoms with van der Waals surface area (Å²) in [5.41, 5.74) is 1.38. The minimum atomic E-state index is 0.308. The van der Waals surface area contributed by atoms with Crippen LogP contribution in [0, 0.1) is 0 Å². The second kappa shape index (κ2) is 4.77. The first kappa shape index (κ1) is 10.7. The van der Waals surface area contributed by atoms with Crippen molar-refractivity contribution in [2.45, 2.75) is 31.8 Å². The highest BCUT2D eigenvalue weighted by molar-refractivity contribution is 5.19. The maximum absolute atomic E-state index is 8.95. The third-order valence-corrected chi connectivity index (χ3v) is 3.43. The molecule has 2 nitrogen and oxygen atoms in total. The zero-order chi connectivity index (χ0) is 10.7. The van der Waals surface area contributed by atoms with Crippen LogP contribution >= 0.6 is 0 Å². The largest absolute Gasteiger partial charge is 0.396 e. The number of hydrogen-bond donors (Lipinski definition) is 1. The van der Waals surface area contributed by atoms with Crippen molar-refractivity contribution in [2.24, 2.45) is 0 Å². The first-order chi connectivity index (χ1) is 7.33. The third kappa shape index (κ3) is 2.21. The lowest BCUT2D eigenvalue weighted by Crippen LogP contribution is -2.49. The van der Waals surface area contributed by atoms with Gasteiger partial charge in [-0.25, -0.2) is 0 Å². The molecule has 1 N–H and O–H groups in total. The molecule has 0 spiro atoms. The van der Waals surface area contributed by atoms with Gasteiger partial charge in [-0.2, -0.15) is 0 Å². The molecule has 82 valence electrons. The van der Waals surface area contributed by atoms with Gasteiger partial charge in [0.1, 0.15) is 0 Å². The zero-order valence-corrected chi connectivity index (χ0v) is 9.26. The average Bonchev–Trinajstić information content (AvgIpc) is 2.25. The summed E-state index contributed by atoms with van der Waals surface area (Å²) in [7, 11) is 0. The zero-order valence-electron chi connectivity index (χ0n) is 9.26. The van der Waals surface area contributed by atoms with E-state index in [1.165, 1.54) is 18.5 Å². The lowest BCUT2D eigenvalue weighted by molar-refractivity contribution is 0.0317. The number of aliphatic hydroxyl groups excluding tert-OH is 1. The summed E-state index contributed by atoms with van der Waals surface area (Å²) in [6, 6.07) is 11.7. The van der Waals surface area contributed by atoms with Crippen LogP contribution in [0.25, 0.3) is 0 Å². The van der Waals surface area contributed by atoms with Crippen molar-refractivity contribution < 1.29 is 5.11 Å². The quantitative estimate of drug-likeness (QED) is 0.814. The average molecular weight is 205 g/mol. The van der Waals surface area contributed by atoms with Gasteiger partial charge < -0.3 is 5.11 Å². The molecule has 0 aliphatic carbocycles. The van der Waals surface area contributed by atoms with Crippen molar-refractivity contribution in [1.29, 1.82) is 0 Å². The van der Waals surface area contributed by atoms with E-state index >= 15 is 0 Å².